The molecule has 1 saturated heterocycles. The van der Waals surface area contributed by atoms with Gasteiger partial charge in [-0.25, -0.2) is 0 Å². The lowest BCUT2D eigenvalue weighted by atomic mass is 10.1. The molecule has 6 heteroatoms. The second kappa shape index (κ2) is 6.37. The number of benzene rings is 1. The van der Waals surface area contributed by atoms with Gasteiger partial charge in [-0.3, -0.25) is 4.90 Å². The highest BCUT2D eigenvalue weighted by atomic mass is 32.1. The first-order valence-electron chi connectivity index (χ1n) is 8.31. The summed E-state index contributed by atoms with van der Waals surface area (Å²) in [7, 11) is 0. The van der Waals surface area contributed by atoms with Crippen LogP contribution in [0.2, 0.25) is 0 Å². The molecule has 1 aromatic carbocycles. The smallest absolute Gasteiger partial charge is 0.235 e. The molecule has 1 aliphatic rings. The van der Waals surface area contributed by atoms with Crippen LogP contribution in [0.5, 0.6) is 0 Å². The Labute approximate surface area is 140 Å². The van der Waals surface area contributed by atoms with E-state index in [0.29, 0.717) is 0 Å². The number of hydrogen-bond acceptors (Lipinski definition) is 5. The Morgan fingerprint density at radius 1 is 1.04 bits per heavy atom. The van der Waals surface area contributed by atoms with Crippen LogP contribution in [0, 0.1) is 6.92 Å². The highest BCUT2D eigenvalue weighted by Crippen LogP contribution is 2.28. The predicted octanol–water partition coefficient (Wildman–Crippen LogP) is 3.54. The summed E-state index contributed by atoms with van der Waals surface area (Å²) in [5.41, 5.74) is 2.43. The summed E-state index contributed by atoms with van der Waals surface area (Å²) >= 11 is 1.61. The first kappa shape index (κ1) is 14.8. The van der Waals surface area contributed by atoms with Gasteiger partial charge in [-0.2, -0.15) is 9.61 Å². The van der Waals surface area contributed by atoms with E-state index in [-0.39, 0.29) is 0 Å². The molecule has 120 valence electrons. The minimum absolute atomic E-state index is 0.845. The molecule has 4 rings (SSSR count). The summed E-state index contributed by atoms with van der Waals surface area (Å²) in [6.45, 7) is 5.28. The Hall–Kier alpha value is -1.79. The largest absolute Gasteiger partial charge is 0.296 e. The maximum Gasteiger partial charge on any atom is 0.235 e. The third-order valence-corrected chi connectivity index (χ3v) is 5.43. The van der Waals surface area contributed by atoms with Gasteiger partial charge >= 0.3 is 0 Å². The monoisotopic (exact) mass is 327 g/mol. The van der Waals surface area contributed by atoms with Gasteiger partial charge in [-0.15, -0.1) is 10.2 Å². The highest BCUT2D eigenvalue weighted by Gasteiger charge is 2.17. The van der Waals surface area contributed by atoms with Crippen LogP contribution < -0.4 is 0 Å². The number of nitrogens with zero attached hydrogens (tertiary/aromatic N) is 5. The van der Waals surface area contributed by atoms with Gasteiger partial charge in [0.05, 0.1) is 6.54 Å². The van der Waals surface area contributed by atoms with Gasteiger partial charge in [0, 0.05) is 5.56 Å². The van der Waals surface area contributed by atoms with Crippen molar-refractivity contribution in [1.82, 2.24) is 24.7 Å². The van der Waals surface area contributed by atoms with E-state index in [0.717, 1.165) is 35.4 Å². The molecule has 5 nitrogen and oxygen atoms in total. The van der Waals surface area contributed by atoms with E-state index in [1.54, 1.807) is 11.3 Å². The predicted molar refractivity (Wildman–Crippen MR) is 92.6 cm³/mol. The molecule has 0 radical (unpaired) electrons. The van der Waals surface area contributed by atoms with Crippen molar-refractivity contribution in [1.29, 1.82) is 0 Å². The van der Waals surface area contributed by atoms with Crippen molar-refractivity contribution < 1.29 is 0 Å². The van der Waals surface area contributed by atoms with Crippen molar-refractivity contribution in [3.05, 3.63) is 35.7 Å². The van der Waals surface area contributed by atoms with Crippen molar-refractivity contribution >= 4 is 16.3 Å². The topological polar surface area (TPSA) is 46.3 Å². The zero-order chi connectivity index (χ0) is 15.6. The zero-order valence-electron chi connectivity index (χ0n) is 13.4. The fraction of sp³-hybridized carbons (Fsp3) is 0.471. The summed E-state index contributed by atoms with van der Waals surface area (Å²) < 4.78 is 1.93. The number of fused-ring (bicyclic) bond motifs is 1. The maximum atomic E-state index is 4.78. The van der Waals surface area contributed by atoms with Crippen LogP contribution in [0.1, 0.15) is 37.1 Å². The van der Waals surface area contributed by atoms with Gasteiger partial charge in [-0.05, 0) is 38.4 Å². The van der Waals surface area contributed by atoms with E-state index in [9.17, 15) is 0 Å². The van der Waals surface area contributed by atoms with Crippen LogP contribution in [0.4, 0.5) is 0 Å². The van der Waals surface area contributed by atoms with E-state index < -0.39 is 0 Å². The van der Waals surface area contributed by atoms with Gasteiger partial charge in [0.1, 0.15) is 5.01 Å². The molecule has 0 atom stereocenters. The van der Waals surface area contributed by atoms with Gasteiger partial charge in [0.2, 0.25) is 4.96 Å². The van der Waals surface area contributed by atoms with Crippen molar-refractivity contribution in [2.75, 3.05) is 13.1 Å². The summed E-state index contributed by atoms with van der Waals surface area (Å²) in [5, 5.41) is 14.5. The summed E-state index contributed by atoms with van der Waals surface area (Å²) in [4.78, 5) is 3.36. The average molecular weight is 327 g/mol. The molecular formula is C17H21N5S. The number of hydrogen-bond donors (Lipinski definition) is 0. The quantitative estimate of drug-likeness (QED) is 0.738. The van der Waals surface area contributed by atoms with E-state index >= 15 is 0 Å². The molecule has 3 heterocycles. The van der Waals surface area contributed by atoms with Crippen molar-refractivity contribution in [3.8, 4) is 10.6 Å². The third kappa shape index (κ3) is 3.01. The van der Waals surface area contributed by atoms with Crippen molar-refractivity contribution in [3.63, 3.8) is 0 Å². The second-order valence-electron chi connectivity index (χ2n) is 6.22. The first-order valence-corrected chi connectivity index (χ1v) is 9.12. The lowest BCUT2D eigenvalue weighted by Crippen LogP contribution is -2.25. The Bertz CT molecular complexity index is 798. The minimum Gasteiger partial charge on any atom is -0.296 e. The molecular weight excluding hydrogens is 306 g/mol. The second-order valence-corrected chi connectivity index (χ2v) is 7.18. The van der Waals surface area contributed by atoms with Crippen LogP contribution in [-0.4, -0.2) is 37.8 Å². The Kier molecular flexibility index (Phi) is 4.10. The third-order valence-electron chi connectivity index (χ3n) is 4.49. The average Bonchev–Trinajstić information content (AvgIpc) is 3.02. The van der Waals surface area contributed by atoms with Crippen LogP contribution in [0.15, 0.2) is 24.3 Å². The number of likely N-dealkylation sites (tertiary alicyclic amines) is 1. The Morgan fingerprint density at radius 2 is 1.83 bits per heavy atom. The molecule has 0 unspecified atom stereocenters. The van der Waals surface area contributed by atoms with E-state index in [2.05, 4.69) is 46.3 Å². The van der Waals surface area contributed by atoms with Gasteiger partial charge in [0.25, 0.3) is 0 Å². The molecule has 0 bridgehead atoms. The van der Waals surface area contributed by atoms with Crippen LogP contribution in [0.25, 0.3) is 15.5 Å². The molecule has 1 aliphatic heterocycles. The SMILES string of the molecule is Cc1ccccc1-c1nn2c(CN3CCCCCC3)nnc2s1. The molecule has 3 aromatic rings. The lowest BCUT2D eigenvalue weighted by molar-refractivity contribution is 0.268. The summed E-state index contributed by atoms with van der Waals surface area (Å²) in [6, 6.07) is 8.36. The molecule has 1 fully saturated rings. The van der Waals surface area contributed by atoms with Crippen LogP contribution >= 0.6 is 11.3 Å². The Balaban J connectivity index is 1.63. The molecule has 2 aromatic heterocycles. The maximum absolute atomic E-state index is 4.78. The highest BCUT2D eigenvalue weighted by molar-refractivity contribution is 7.19. The molecule has 0 N–H and O–H groups in total. The van der Waals surface area contributed by atoms with Gasteiger partial charge < -0.3 is 0 Å². The van der Waals surface area contributed by atoms with Gasteiger partial charge in [-0.1, -0.05) is 48.4 Å². The van der Waals surface area contributed by atoms with Crippen LogP contribution in [-0.2, 0) is 6.54 Å². The van der Waals surface area contributed by atoms with Crippen molar-refractivity contribution in [2.24, 2.45) is 0 Å². The summed E-state index contributed by atoms with van der Waals surface area (Å²) in [6.07, 6.45) is 5.26. The van der Waals surface area contributed by atoms with E-state index in [4.69, 9.17) is 5.10 Å². The van der Waals surface area contributed by atoms with Gasteiger partial charge in [0.15, 0.2) is 5.82 Å². The molecule has 0 spiro atoms. The lowest BCUT2D eigenvalue weighted by Gasteiger charge is -2.17. The summed E-state index contributed by atoms with van der Waals surface area (Å²) in [5.74, 6) is 0.956. The standard InChI is InChI=1S/C17H21N5S/c1-13-8-4-5-9-14(13)16-20-22-15(18-19-17(22)23-16)12-21-10-6-2-3-7-11-21/h4-5,8-9H,2-3,6-7,10-12H2,1H3. The number of aromatic nitrogens is 4. The van der Waals surface area contributed by atoms with Crippen LogP contribution in [0.3, 0.4) is 0 Å². The van der Waals surface area contributed by atoms with E-state index in [1.807, 2.05) is 4.52 Å². The fourth-order valence-corrected chi connectivity index (χ4v) is 4.12. The van der Waals surface area contributed by atoms with E-state index in [1.165, 1.54) is 36.8 Å². The van der Waals surface area contributed by atoms with Crippen molar-refractivity contribution in [2.45, 2.75) is 39.2 Å². The normalized spacial score (nSPS) is 16.7. The minimum atomic E-state index is 0.845. The molecule has 0 amide bonds. The molecule has 0 aliphatic carbocycles. The number of rotatable bonds is 3. The number of aryl methyl sites for hydroxylation is 1. The molecule has 23 heavy (non-hydrogen) atoms. The zero-order valence-corrected chi connectivity index (χ0v) is 14.2. The molecule has 0 saturated carbocycles. The first-order chi connectivity index (χ1) is 11.3. The fourth-order valence-electron chi connectivity index (χ4n) is 3.17. The Morgan fingerprint density at radius 3 is 2.61 bits per heavy atom.